The second-order valence-electron chi connectivity index (χ2n) is 3.19. The Labute approximate surface area is 80.7 Å². The fourth-order valence-corrected chi connectivity index (χ4v) is 1.22. The molecule has 0 atom stereocenters. The topological polar surface area (TPSA) is 43.1 Å². The van der Waals surface area contributed by atoms with Crippen LogP contribution in [0.3, 0.4) is 0 Å². The number of carbonyl (C=O) groups excluding carboxylic acids is 1. The number of carbonyl (C=O) groups is 1. The van der Waals surface area contributed by atoms with E-state index in [1.54, 1.807) is 19.9 Å². The van der Waals surface area contributed by atoms with Crippen LogP contribution in [0, 0.1) is 13.8 Å². The number of primary amides is 1. The number of benzene rings is 1. The maximum atomic E-state index is 13.2. The van der Waals surface area contributed by atoms with Gasteiger partial charge < -0.3 is 5.73 Å². The second kappa shape index (κ2) is 3.36. The summed E-state index contributed by atoms with van der Waals surface area (Å²) < 4.78 is 26.5. The number of aryl methyl sites for hydroxylation is 1. The molecule has 14 heavy (non-hydrogen) atoms. The summed E-state index contributed by atoms with van der Waals surface area (Å²) in [6.07, 6.45) is 0. The van der Waals surface area contributed by atoms with E-state index < -0.39 is 11.8 Å². The third-order valence-electron chi connectivity index (χ3n) is 2.25. The van der Waals surface area contributed by atoms with E-state index in [2.05, 4.69) is 5.73 Å². The van der Waals surface area contributed by atoms with Gasteiger partial charge in [0.05, 0.1) is 0 Å². The molecular formula is C10H11F2NO. The lowest BCUT2D eigenvalue weighted by atomic mass is 9.98. The van der Waals surface area contributed by atoms with E-state index in [0.717, 1.165) is 0 Å². The highest BCUT2D eigenvalue weighted by molar-refractivity contribution is 5.83. The summed E-state index contributed by atoms with van der Waals surface area (Å²) in [4.78, 5) is 10.6. The van der Waals surface area contributed by atoms with Gasteiger partial charge in [0.15, 0.2) is 0 Å². The monoisotopic (exact) mass is 199 g/mol. The number of alkyl halides is 2. The minimum absolute atomic E-state index is 0.315. The third kappa shape index (κ3) is 1.60. The molecule has 0 saturated carbocycles. The predicted molar refractivity (Wildman–Crippen MR) is 49.0 cm³/mol. The van der Waals surface area contributed by atoms with Crippen LogP contribution in [-0.4, -0.2) is 5.91 Å². The maximum Gasteiger partial charge on any atom is 0.349 e. The van der Waals surface area contributed by atoms with Crippen LogP contribution in [0.25, 0.3) is 0 Å². The van der Waals surface area contributed by atoms with Crippen molar-refractivity contribution in [1.82, 2.24) is 0 Å². The van der Waals surface area contributed by atoms with Crippen molar-refractivity contribution in [1.29, 1.82) is 0 Å². The van der Waals surface area contributed by atoms with Crippen LogP contribution >= 0.6 is 0 Å². The number of hydrogen-bond donors (Lipinski definition) is 1. The molecule has 0 spiro atoms. The first kappa shape index (κ1) is 10.6. The van der Waals surface area contributed by atoms with Gasteiger partial charge in [-0.1, -0.05) is 18.2 Å². The number of hydrogen-bond acceptors (Lipinski definition) is 1. The van der Waals surface area contributed by atoms with E-state index in [-0.39, 0.29) is 5.56 Å². The van der Waals surface area contributed by atoms with Gasteiger partial charge in [-0.2, -0.15) is 8.78 Å². The van der Waals surface area contributed by atoms with E-state index in [9.17, 15) is 13.6 Å². The zero-order chi connectivity index (χ0) is 10.9. The van der Waals surface area contributed by atoms with Gasteiger partial charge in [0.1, 0.15) is 0 Å². The Morgan fingerprint density at radius 3 is 2.43 bits per heavy atom. The van der Waals surface area contributed by atoms with E-state index >= 15 is 0 Å². The molecule has 4 heteroatoms. The van der Waals surface area contributed by atoms with E-state index in [1.807, 2.05) is 0 Å². The molecule has 1 rings (SSSR count). The van der Waals surface area contributed by atoms with Crippen LogP contribution in [0.15, 0.2) is 18.2 Å². The standard InChI is InChI=1S/C10H11F2NO/c1-6-4-3-5-8(7(6)2)10(11,12)9(13)14/h3-5H,1-2H3,(H2,13,14). The van der Waals surface area contributed by atoms with Gasteiger partial charge in [0, 0.05) is 5.56 Å². The largest absolute Gasteiger partial charge is 0.364 e. The first-order valence-electron chi connectivity index (χ1n) is 4.11. The lowest BCUT2D eigenvalue weighted by Crippen LogP contribution is -2.33. The Morgan fingerprint density at radius 1 is 1.36 bits per heavy atom. The van der Waals surface area contributed by atoms with E-state index in [4.69, 9.17) is 0 Å². The first-order valence-corrected chi connectivity index (χ1v) is 4.11. The average Bonchev–Trinajstić information content (AvgIpc) is 2.09. The minimum atomic E-state index is -3.59. The van der Waals surface area contributed by atoms with Crippen molar-refractivity contribution in [2.45, 2.75) is 19.8 Å². The SMILES string of the molecule is Cc1cccc(C(F)(F)C(N)=O)c1C. The second-order valence-corrected chi connectivity index (χ2v) is 3.19. The Morgan fingerprint density at radius 2 is 1.93 bits per heavy atom. The highest BCUT2D eigenvalue weighted by atomic mass is 19.3. The molecule has 76 valence electrons. The highest BCUT2D eigenvalue weighted by Gasteiger charge is 2.40. The molecule has 1 aromatic carbocycles. The molecule has 0 unspecified atom stereocenters. The summed E-state index contributed by atoms with van der Waals surface area (Å²) in [5.41, 5.74) is 5.43. The molecule has 1 amide bonds. The van der Waals surface area contributed by atoms with Crippen molar-refractivity contribution in [3.63, 3.8) is 0 Å². The third-order valence-corrected chi connectivity index (χ3v) is 2.25. The molecule has 0 bridgehead atoms. The summed E-state index contributed by atoms with van der Waals surface area (Å²) in [6.45, 7) is 3.25. The summed E-state index contributed by atoms with van der Waals surface area (Å²) in [5, 5.41) is 0. The zero-order valence-electron chi connectivity index (χ0n) is 7.97. The van der Waals surface area contributed by atoms with Gasteiger partial charge in [0.25, 0.3) is 5.91 Å². The molecular weight excluding hydrogens is 188 g/mol. The molecule has 2 N–H and O–H groups in total. The van der Waals surface area contributed by atoms with Gasteiger partial charge in [-0.3, -0.25) is 4.79 Å². The van der Waals surface area contributed by atoms with Crippen LogP contribution in [0.5, 0.6) is 0 Å². The van der Waals surface area contributed by atoms with Gasteiger partial charge in [0.2, 0.25) is 0 Å². The van der Waals surface area contributed by atoms with Gasteiger partial charge in [-0.15, -0.1) is 0 Å². The van der Waals surface area contributed by atoms with Crippen LogP contribution in [0.2, 0.25) is 0 Å². The molecule has 0 aliphatic heterocycles. The Hall–Kier alpha value is -1.45. The molecule has 0 aliphatic rings. The summed E-state index contributed by atoms with van der Waals surface area (Å²) in [7, 11) is 0. The zero-order valence-corrected chi connectivity index (χ0v) is 7.97. The Balaban J connectivity index is 3.33. The van der Waals surface area contributed by atoms with E-state index in [0.29, 0.717) is 11.1 Å². The fraction of sp³-hybridized carbons (Fsp3) is 0.300. The van der Waals surface area contributed by atoms with Crippen molar-refractivity contribution in [3.05, 3.63) is 34.9 Å². The van der Waals surface area contributed by atoms with Crippen molar-refractivity contribution < 1.29 is 13.6 Å². The molecule has 0 aromatic heterocycles. The molecule has 0 fully saturated rings. The lowest BCUT2D eigenvalue weighted by molar-refractivity contribution is -0.143. The number of rotatable bonds is 2. The predicted octanol–water partition coefficient (Wildman–Crippen LogP) is 1.88. The first-order chi connectivity index (χ1) is 6.37. The average molecular weight is 199 g/mol. The van der Waals surface area contributed by atoms with Crippen molar-refractivity contribution in [2.75, 3.05) is 0 Å². The summed E-state index contributed by atoms with van der Waals surface area (Å²) >= 11 is 0. The smallest absolute Gasteiger partial charge is 0.349 e. The van der Waals surface area contributed by atoms with Crippen molar-refractivity contribution in [3.8, 4) is 0 Å². The van der Waals surface area contributed by atoms with Crippen LogP contribution in [-0.2, 0) is 10.7 Å². The molecule has 0 radical (unpaired) electrons. The molecule has 0 aliphatic carbocycles. The highest BCUT2D eigenvalue weighted by Crippen LogP contribution is 2.31. The van der Waals surface area contributed by atoms with Crippen LogP contribution in [0.1, 0.15) is 16.7 Å². The van der Waals surface area contributed by atoms with E-state index in [1.165, 1.54) is 12.1 Å². The molecule has 0 saturated heterocycles. The van der Waals surface area contributed by atoms with Gasteiger partial charge in [-0.25, -0.2) is 0 Å². The van der Waals surface area contributed by atoms with Crippen molar-refractivity contribution >= 4 is 5.91 Å². The van der Waals surface area contributed by atoms with Gasteiger partial charge >= 0.3 is 5.92 Å². The minimum Gasteiger partial charge on any atom is -0.364 e. The fourth-order valence-electron chi connectivity index (χ4n) is 1.22. The maximum absolute atomic E-state index is 13.2. The summed E-state index contributed by atoms with van der Waals surface area (Å²) in [6, 6.07) is 4.40. The molecule has 0 heterocycles. The Bertz CT molecular complexity index is 374. The summed E-state index contributed by atoms with van der Waals surface area (Å²) in [5.74, 6) is -5.21. The molecule has 1 aromatic rings. The Kier molecular flexibility index (Phi) is 2.55. The number of halogens is 2. The lowest BCUT2D eigenvalue weighted by Gasteiger charge is -2.16. The van der Waals surface area contributed by atoms with Crippen LogP contribution < -0.4 is 5.73 Å². The number of nitrogens with two attached hydrogens (primary N) is 1. The molecule has 2 nitrogen and oxygen atoms in total. The normalized spacial score (nSPS) is 11.4. The van der Waals surface area contributed by atoms with Crippen molar-refractivity contribution in [2.24, 2.45) is 5.73 Å². The van der Waals surface area contributed by atoms with Gasteiger partial charge in [-0.05, 0) is 25.0 Å². The van der Waals surface area contributed by atoms with Crippen LogP contribution in [0.4, 0.5) is 8.78 Å². The number of amides is 1. The quantitative estimate of drug-likeness (QED) is 0.776.